The van der Waals surface area contributed by atoms with Gasteiger partial charge < -0.3 is 10.2 Å². The molecule has 18 heavy (non-hydrogen) atoms. The number of hydrogen-bond acceptors (Lipinski definition) is 2. The van der Waals surface area contributed by atoms with Gasteiger partial charge in [0, 0.05) is 6.42 Å². The van der Waals surface area contributed by atoms with Gasteiger partial charge in [-0.25, -0.2) is 4.79 Å². The second kappa shape index (κ2) is 8.35. The molecule has 1 unspecified atom stereocenters. The van der Waals surface area contributed by atoms with Gasteiger partial charge in [0.25, 0.3) is 0 Å². The minimum atomic E-state index is -1.29. The van der Waals surface area contributed by atoms with E-state index in [-0.39, 0.29) is 0 Å². The van der Waals surface area contributed by atoms with Crippen LogP contribution in [0.4, 0.5) is 0 Å². The summed E-state index contributed by atoms with van der Waals surface area (Å²) < 4.78 is 0. The number of benzene rings is 1. The highest BCUT2D eigenvalue weighted by Crippen LogP contribution is 2.15. The SMILES string of the molecule is CCC(C)(O)Cc1ccccc1.O=C(O)C(Cl)Cl. The Morgan fingerprint density at radius 1 is 1.33 bits per heavy atom. The fourth-order valence-corrected chi connectivity index (χ4v) is 1.16. The maximum absolute atomic E-state index is 9.78. The molecule has 1 atom stereocenters. The Morgan fingerprint density at radius 2 is 1.78 bits per heavy atom. The fourth-order valence-electron chi connectivity index (χ4n) is 1.16. The van der Waals surface area contributed by atoms with Crippen molar-refractivity contribution in [2.24, 2.45) is 0 Å². The topological polar surface area (TPSA) is 57.5 Å². The van der Waals surface area contributed by atoms with E-state index >= 15 is 0 Å². The van der Waals surface area contributed by atoms with E-state index in [1.807, 2.05) is 44.2 Å². The van der Waals surface area contributed by atoms with E-state index in [9.17, 15) is 9.90 Å². The van der Waals surface area contributed by atoms with E-state index in [1.54, 1.807) is 0 Å². The van der Waals surface area contributed by atoms with Crippen molar-refractivity contribution in [2.45, 2.75) is 37.1 Å². The fraction of sp³-hybridized carbons (Fsp3) is 0.462. The summed E-state index contributed by atoms with van der Waals surface area (Å²) in [5.41, 5.74) is 0.644. The summed E-state index contributed by atoms with van der Waals surface area (Å²) in [5.74, 6) is -1.21. The molecule has 1 rings (SSSR count). The third-order valence-electron chi connectivity index (χ3n) is 2.38. The molecule has 0 aromatic heterocycles. The third kappa shape index (κ3) is 8.34. The molecule has 0 fully saturated rings. The molecular weight excluding hydrogens is 275 g/mol. The summed E-state index contributed by atoms with van der Waals surface area (Å²) in [5, 5.41) is 17.5. The van der Waals surface area contributed by atoms with Gasteiger partial charge in [0.2, 0.25) is 4.84 Å². The van der Waals surface area contributed by atoms with Crippen LogP contribution in [0.15, 0.2) is 30.3 Å². The largest absolute Gasteiger partial charge is 0.479 e. The minimum absolute atomic E-state index is 0.554. The first-order valence-electron chi connectivity index (χ1n) is 5.55. The van der Waals surface area contributed by atoms with Crippen LogP contribution in [0.5, 0.6) is 0 Å². The third-order valence-corrected chi connectivity index (χ3v) is 2.75. The van der Waals surface area contributed by atoms with Gasteiger partial charge in [-0.3, -0.25) is 0 Å². The average molecular weight is 293 g/mol. The first-order valence-corrected chi connectivity index (χ1v) is 6.43. The van der Waals surface area contributed by atoms with E-state index in [4.69, 9.17) is 28.3 Å². The minimum Gasteiger partial charge on any atom is -0.479 e. The number of carboxylic acids is 1. The second-order valence-corrected chi connectivity index (χ2v) is 5.25. The standard InChI is InChI=1S/C11H16O.C2H2Cl2O2/c1-3-11(2,12)9-10-7-5-4-6-8-10;3-1(4)2(5)6/h4-8,12H,3,9H2,1-2H3;1H,(H,5,6). The number of alkyl halides is 2. The molecule has 2 N–H and O–H groups in total. The van der Waals surface area contributed by atoms with Gasteiger partial charge in [0.05, 0.1) is 5.60 Å². The molecule has 0 radical (unpaired) electrons. The number of aliphatic carboxylic acids is 1. The predicted molar refractivity (Wildman–Crippen MR) is 74.2 cm³/mol. The van der Waals surface area contributed by atoms with E-state index in [2.05, 4.69) is 0 Å². The van der Waals surface area contributed by atoms with Gasteiger partial charge in [0.15, 0.2) is 0 Å². The van der Waals surface area contributed by atoms with Crippen molar-refractivity contribution in [3.05, 3.63) is 35.9 Å². The number of rotatable bonds is 4. The van der Waals surface area contributed by atoms with Crippen LogP contribution in [0.25, 0.3) is 0 Å². The zero-order chi connectivity index (χ0) is 14.2. The molecule has 0 aliphatic carbocycles. The van der Waals surface area contributed by atoms with Gasteiger partial charge >= 0.3 is 5.97 Å². The van der Waals surface area contributed by atoms with E-state index in [1.165, 1.54) is 5.56 Å². The lowest BCUT2D eigenvalue weighted by Crippen LogP contribution is -2.25. The van der Waals surface area contributed by atoms with Crippen LogP contribution in [-0.2, 0) is 11.2 Å². The molecule has 0 aliphatic rings. The van der Waals surface area contributed by atoms with Crippen LogP contribution < -0.4 is 0 Å². The molecule has 102 valence electrons. The van der Waals surface area contributed by atoms with Crippen molar-refractivity contribution >= 4 is 29.2 Å². The van der Waals surface area contributed by atoms with Gasteiger partial charge in [-0.15, -0.1) is 0 Å². The Kier molecular flexibility index (Phi) is 8.00. The molecule has 0 bridgehead atoms. The zero-order valence-corrected chi connectivity index (χ0v) is 11.9. The maximum atomic E-state index is 9.78. The van der Waals surface area contributed by atoms with Gasteiger partial charge in [-0.05, 0) is 18.9 Å². The Balaban J connectivity index is 0.000000411. The Hall–Kier alpha value is -0.770. The molecule has 5 heteroatoms. The highest BCUT2D eigenvalue weighted by molar-refractivity contribution is 6.52. The van der Waals surface area contributed by atoms with E-state index < -0.39 is 16.4 Å². The van der Waals surface area contributed by atoms with Crippen molar-refractivity contribution < 1.29 is 15.0 Å². The molecular formula is C13H18Cl2O3. The quantitative estimate of drug-likeness (QED) is 0.838. The lowest BCUT2D eigenvalue weighted by molar-refractivity contribution is -0.135. The smallest absolute Gasteiger partial charge is 0.337 e. The Bertz CT molecular complexity index is 351. The maximum Gasteiger partial charge on any atom is 0.337 e. The van der Waals surface area contributed by atoms with Crippen molar-refractivity contribution in [3.8, 4) is 0 Å². The van der Waals surface area contributed by atoms with Gasteiger partial charge in [-0.1, -0.05) is 60.5 Å². The number of carboxylic acid groups (broad SMARTS) is 1. The van der Waals surface area contributed by atoms with E-state index in [0.29, 0.717) is 0 Å². The average Bonchev–Trinajstić information content (AvgIpc) is 2.30. The summed E-state index contributed by atoms with van der Waals surface area (Å²) in [6.45, 7) is 3.88. The monoisotopic (exact) mass is 292 g/mol. The highest BCUT2D eigenvalue weighted by Gasteiger charge is 2.17. The number of halogens is 2. The molecule has 0 aliphatic heterocycles. The van der Waals surface area contributed by atoms with E-state index in [0.717, 1.165) is 12.8 Å². The molecule has 0 amide bonds. The van der Waals surface area contributed by atoms with Crippen LogP contribution in [0.3, 0.4) is 0 Å². The Labute approximate surface area is 117 Å². The summed E-state index contributed by atoms with van der Waals surface area (Å²) >= 11 is 9.56. The molecule has 1 aromatic rings. The van der Waals surface area contributed by atoms with Crippen molar-refractivity contribution in [2.75, 3.05) is 0 Å². The second-order valence-electron chi connectivity index (χ2n) is 4.15. The van der Waals surface area contributed by atoms with Crippen molar-refractivity contribution in [1.82, 2.24) is 0 Å². The first kappa shape index (κ1) is 17.2. The predicted octanol–water partition coefficient (Wildman–Crippen LogP) is 3.26. The number of carbonyl (C=O) groups is 1. The molecule has 0 heterocycles. The summed E-state index contributed by atoms with van der Waals surface area (Å²) in [4.78, 5) is 8.15. The zero-order valence-electron chi connectivity index (χ0n) is 10.4. The molecule has 0 spiro atoms. The molecule has 0 saturated heterocycles. The lowest BCUT2D eigenvalue weighted by atomic mass is 9.94. The van der Waals surface area contributed by atoms with Crippen LogP contribution in [0.2, 0.25) is 0 Å². The van der Waals surface area contributed by atoms with Gasteiger partial charge in [-0.2, -0.15) is 0 Å². The normalized spacial score (nSPS) is 13.4. The van der Waals surface area contributed by atoms with Crippen LogP contribution in [0.1, 0.15) is 25.8 Å². The summed E-state index contributed by atoms with van der Waals surface area (Å²) in [6, 6.07) is 10.1. The van der Waals surface area contributed by atoms with Crippen LogP contribution in [-0.4, -0.2) is 26.6 Å². The first-order chi connectivity index (χ1) is 8.28. The number of aliphatic hydroxyl groups is 1. The van der Waals surface area contributed by atoms with Crippen LogP contribution in [0, 0.1) is 0 Å². The van der Waals surface area contributed by atoms with Crippen LogP contribution >= 0.6 is 23.2 Å². The highest BCUT2D eigenvalue weighted by atomic mass is 35.5. The van der Waals surface area contributed by atoms with Crippen molar-refractivity contribution in [1.29, 1.82) is 0 Å². The molecule has 0 saturated carbocycles. The number of hydrogen-bond donors (Lipinski definition) is 2. The Morgan fingerprint density at radius 3 is 2.11 bits per heavy atom. The molecule has 3 nitrogen and oxygen atoms in total. The van der Waals surface area contributed by atoms with Crippen molar-refractivity contribution in [3.63, 3.8) is 0 Å². The summed E-state index contributed by atoms with van der Waals surface area (Å²) in [7, 11) is 0. The summed E-state index contributed by atoms with van der Waals surface area (Å²) in [6.07, 6.45) is 1.53. The lowest BCUT2D eigenvalue weighted by Gasteiger charge is -2.20. The molecule has 1 aromatic carbocycles. The van der Waals surface area contributed by atoms with Gasteiger partial charge in [0.1, 0.15) is 0 Å².